The van der Waals surface area contributed by atoms with Crippen LogP contribution in [0.1, 0.15) is 34.5 Å². The summed E-state index contributed by atoms with van der Waals surface area (Å²) in [5.41, 5.74) is 3.54. The number of ether oxygens (including phenoxy) is 3. The van der Waals surface area contributed by atoms with E-state index in [1.807, 2.05) is 54.6 Å². The average Bonchev–Trinajstić information content (AvgIpc) is 3.00. The second-order valence-corrected chi connectivity index (χ2v) is 11.7. The van der Waals surface area contributed by atoms with Gasteiger partial charge in [0.1, 0.15) is 36.0 Å². The summed E-state index contributed by atoms with van der Waals surface area (Å²) in [5.74, 6) is 0.294. The topological polar surface area (TPSA) is 143 Å². The molecule has 10 nitrogen and oxygen atoms in total. The number of benzene rings is 4. The molecule has 4 aromatic rings. The maximum atomic E-state index is 12.0. The number of hydrogen-bond acceptors (Lipinski definition) is 8. The monoisotopic (exact) mass is 620 g/mol. The third-order valence-electron chi connectivity index (χ3n) is 6.51. The van der Waals surface area contributed by atoms with E-state index in [2.05, 4.69) is 10.0 Å². The van der Waals surface area contributed by atoms with Gasteiger partial charge in [-0.15, -0.1) is 0 Å². The molecule has 4 rings (SSSR count). The van der Waals surface area contributed by atoms with Crippen molar-refractivity contribution in [1.82, 2.24) is 5.32 Å². The van der Waals surface area contributed by atoms with E-state index in [1.54, 1.807) is 37.3 Å². The Hall–Kier alpha value is -4.58. The number of sulfonamides is 1. The third-order valence-corrected chi connectivity index (χ3v) is 7.10. The third kappa shape index (κ3) is 9.46. The molecule has 0 aliphatic heterocycles. The minimum absolute atomic E-state index is 0.115. The quantitative estimate of drug-likeness (QED) is 0.126. The zero-order chi connectivity index (χ0) is 31.5. The van der Waals surface area contributed by atoms with Gasteiger partial charge in [-0.2, -0.15) is 0 Å². The van der Waals surface area contributed by atoms with Gasteiger partial charge in [0.2, 0.25) is 10.0 Å². The summed E-state index contributed by atoms with van der Waals surface area (Å²) in [6.07, 6.45) is 0.162. The van der Waals surface area contributed by atoms with Crippen LogP contribution < -0.4 is 24.2 Å². The van der Waals surface area contributed by atoms with Crippen molar-refractivity contribution in [2.24, 2.45) is 0 Å². The summed E-state index contributed by atoms with van der Waals surface area (Å²) in [7, 11) is -3.57. The number of nitrogens with one attached hydrogen (secondary N) is 2. The van der Waals surface area contributed by atoms with Crippen LogP contribution in [-0.2, 0) is 16.6 Å². The highest BCUT2D eigenvalue weighted by Gasteiger charge is 2.15. The van der Waals surface area contributed by atoms with Gasteiger partial charge in [-0.05, 0) is 65.6 Å². The van der Waals surface area contributed by atoms with Gasteiger partial charge in [-0.25, -0.2) is 13.2 Å². The van der Waals surface area contributed by atoms with Gasteiger partial charge in [0, 0.05) is 13.1 Å². The molecule has 0 aliphatic rings. The smallest absolute Gasteiger partial charge is 0.339 e. The molecule has 0 fully saturated rings. The van der Waals surface area contributed by atoms with E-state index in [0.717, 1.165) is 22.9 Å². The molecule has 4 N–H and O–H groups in total. The molecule has 0 saturated heterocycles. The van der Waals surface area contributed by atoms with E-state index in [4.69, 9.17) is 14.2 Å². The summed E-state index contributed by atoms with van der Waals surface area (Å²) in [4.78, 5) is 11.4. The average molecular weight is 621 g/mol. The number of aromatic carboxylic acids is 1. The number of carboxylic acids is 1. The molecule has 11 heteroatoms. The number of aliphatic hydroxyl groups excluding tert-OH is 1. The first kappa shape index (κ1) is 32.3. The zero-order valence-corrected chi connectivity index (χ0v) is 25.3. The molecular weight excluding hydrogens is 584 g/mol. The molecule has 0 bridgehead atoms. The Labute approximate surface area is 257 Å². The molecule has 4 aromatic carbocycles. The summed E-state index contributed by atoms with van der Waals surface area (Å²) >= 11 is 0. The fourth-order valence-electron chi connectivity index (χ4n) is 4.39. The van der Waals surface area contributed by atoms with Crippen LogP contribution >= 0.6 is 0 Å². The van der Waals surface area contributed by atoms with Crippen LogP contribution in [0.15, 0.2) is 91.0 Å². The summed E-state index contributed by atoms with van der Waals surface area (Å²) < 4.78 is 43.5. The molecule has 0 aliphatic carbocycles. The molecule has 0 spiro atoms. The Morgan fingerprint density at radius 1 is 0.864 bits per heavy atom. The Kier molecular flexibility index (Phi) is 11.2. The molecule has 0 unspecified atom stereocenters. The SMILES string of the molecule is CCOc1cc(-c2ccc(OCCNC[C@@H](O)c3ccc(OCc4ccccc4)c(NS(C)(=O)=O)c3)cc2)ccc1C(=O)O. The zero-order valence-electron chi connectivity index (χ0n) is 24.5. The van der Waals surface area contributed by atoms with Gasteiger partial charge >= 0.3 is 5.97 Å². The Morgan fingerprint density at radius 2 is 1.59 bits per heavy atom. The summed E-state index contributed by atoms with van der Waals surface area (Å²) in [6.45, 7) is 3.45. The van der Waals surface area contributed by atoms with E-state index in [-0.39, 0.29) is 24.4 Å². The molecule has 1 atom stereocenters. The molecule has 0 radical (unpaired) electrons. The lowest BCUT2D eigenvalue weighted by molar-refractivity contribution is 0.0692. The van der Waals surface area contributed by atoms with Gasteiger partial charge in [0.15, 0.2) is 0 Å². The molecule has 0 heterocycles. The normalized spacial score (nSPS) is 11.9. The van der Waals surface area contributed by atoms with Crippen LogP contribution in [0.2, 0.25) is 0 Å². The maximum absolute atomic E-state index is 12.0. The van der Waals surface area contributed by atoms with E-state index in [0.29, 0.717) is 42.6 Å². The predicted molar refractivity (Wildman–Crippen MR) is 169 cm³/mol. The second-order valence-electron chi connectivity index (χ2n) is 9.95. The van der Waals surface area contributed by atoms with Gasteiger partial charge in [0.05, 0.1) is 24.7 Å². The van der Waals surface area contributed by atoms with Crippen LogP contribution in [-0.4, -0.2) is 57.2 Å². The van der Waals surface area contributed by atoms with Crippen molar-refractivity contribution in [3.05, 3.63) is 108 Å². The fraction of sp³-hybridized carbons (Fsp3) is 0.242. The Balaban J connectivity index is 1.28. The van der Waals surface area contributed by atoms with Crippen LogP contribution in [0, 0.1) is 0 Å². The van der Waals surface area contributed by atoms with E-state index < -0.39 is 22.1 Å². The van der Waals surface area contributed by atoms with Crippen LogP contribution in [0.3, 0.4) is 0 Å². The van der Waals surface area contributed by atoms with Crippen molar-refractivity contribution in [2.75, 3.05) is 37.3 Å². The number of anilines is 1. The van der Waals surface area contributed by atoms with Gasteiger partial charge in [0.25, 0.3) is 0 Å². The fourth-order valence-corrected chi connectivity index (χ4v) is 4.95. The van der Waals surface area contributed by atoms with Crippen molar-refractivity contribution < 1.29 is 37.6 Å². The highest BCUT2D eigenvalue weighted by Crippen LogP contribution is 2.31. The van der Waals surface area contributed by atoms with Crippen molar-refractivity contribution in [3.8, 4) is 28.4 Å². The predicted octanol–water partition coefficient (Wildman–Crippen LogP) is 5.10. The largest absolute Gasteiger partial charge is 0.493 e. The van der Waals surface area contributed by atoms with Crippen molar-refractivity contribution in [3.63, 3.8) is 0 Å². The lowest BCUT2D eigenvalue weighted by Gasteiger charge is -2.17. The maximum Gasteiger partial charge on any atom is 0.339 e. The minimum Gasteiger partial charge on any atom is -0.493 e. The number of rotatable bonds is 16. The second kappa shape index (κ2) is 15.2. The number of aliphatic hydroxyl groups is 1. The number of carboxylic acid groups (broad SMARTS) is 1. The van der Waals surface area contributed by atoms with Gasteiger partial charge in [-0.3, -0.25) is 4.72 Å². The van der Waals surface area contributed by atoms with Gasteiger partial charge in [-0.1, -0.05) is 54.6 Å². The minimum atomic E-state index is -3.57. The Bertz CT molecular complexity index is 1640. The van der Waals surface area contributed by atoms with Crippen molar-refractivity contribution >= 4 is 21.7 Å². The van der Waals surface area contributed by atoms with E-state index in [1.165, 1.54) is 6.07 Å². The standard InChI is InChI=1S/C33H36N2O8S/c1-3-41-32-20-25(11-15-28(32)33(37)38)24-9-13-27(14-10-24)42-18-17-34-21-30(36)26-12-16-31(29(19-26)35-44(2,39)40)43-22-23-7-5-4-6-8-23/h4-16,19-20,30,34-36H,3,17-18,21-22H2,1-2H3,(H,37,38)/t30-/m1/s1. The molecular formula is C33H36N2O8S. The van der Waals surface area contributed by atoms with Crippen molar-refractivity contribution in [1.29, 1.82) is 0 Å². The first-order valence-electron chi connectivity index (χ1n) is 14.0. The van der Waals surface area contributed by atoms with Crippen LogP contribution in [0.25, 0.3) is 11.1 Å². The highest BCUT2D eigenvalue weighted by molar-refractivity contribution is 7.92. The lowest BCUT2D eigenvalue weighted by Crippen LogP contribution is -2.26. The van der Waals surface area contributed by atoms with Crippen LogP contribution in [0.4, 0.5) is 5.69 Å². The van der Waals surface area contributed by atoms with Crippen molar-refractivity contribution in [2.45, 2.75) is 19.6 Å². The van der Waals surface area contributed by atoms with Gasteiger partial charge < -0.3 is 29.7 Å². The van der Waals surface area contributed by atoms with E-state index in [9.17, 15) is 23.4 Å². The summed E-state index contributed by atoms with van der Waals surface area (Å²) in [6, 6.07) is 26.8. The first-order chi connectivity index (χ1) is 21.1. The Morgan fingerprint density at radius 3 is 2.27 bits per heavy atom. The molecule has 44 heavy (non-hydrogen) atoms. The highest BCUT2D eigenvalue weighted by atomic mass is 32.2. The number of carbonyl (C=O) groups is 1. The lowest BCUT2D eigenvalue weighted by atomic mass is 10.0. The first-order valence-corrected chi connectivity index (χ1v) is 15.9. The molecule has 232 valence electrons. The van der Waals surface area contributed by atoms with E-state index >= 15 is 0 Å². The molecule has 0 aromatic heterocycles. The summed E-state index contributed by atoms with van der Waals surface area (Å²) in [5, 5.41) is 23.2. The molecule has 0 saturated carbocycles. The molecule has 0 amide bonds. The van der Waals surface area contributed by atoms with Crippen LogP contribution in [0.5, 0.6) is 17.2 Å². The number of hydrogen-bond donors (Lipinski definition) is 4.